The second-order valence-corrected chi connectivity index (χ2v) is 8.32. The Bertz CT molecular complexity index is 1130. The van der Waals surface area contributed by atoms with E-state index in [-0.39, 0.29) is 24.4 Å². The van der Waals surface area contributed by atoms with Crippen molar-refractivity contribution < 1.29 is 22.8 Å². The first-order valence-electron chi connectivity index (χ1n) is 11.0. The summed E-state index contributed by atoms with van der Waals surface area (Å²) >= 11 is 0. The fourth-order valence-corrected chi connectivity index (χ4v) is 3.74. The van der Waals surface area contributed by atoms with Crippen molar-refractivity contribution in [1.29, 1.82) is 0 Å². The summed E-state index contributed by atoms with van der Waals surface area (Å²) in [5.41, 5.74) is 4.28. The van der Waals surface area contributed by atoms with Crippen molar-refractivity contribution in [1.82, 2.24) is 0 Å². The van der Waals surface area contributed by atoms with E-state index in [0.29, 0.717) is 30.4 Å². The second kappa shape index (κ2) is 10.6. The molecule has 0 heterocycles. The predicted molar refractivity (Wildman–Crippen MR) is 124 cm³/mol. The van der Waals surface area contributed by atoms with Gasteiger partial charge in [-0.15, -0.1) is 0 Å². The molecule has 0 saturated heterocycles. The monoisotopic (exact) mass is 452 g/mol. The molecule has 0 amide bonds. The summed E-state index contributed by atoms with van der Waals surface area (Å²) in [6.45, 7) is 3.56. The molecule has 0 aromatic heterocycles. The average molecular weight is 453 g/mol. The third-order valence-electron chi connectivity index (χ3n) is 5.76. The first-order chi connectivity index (χ1) is 15.7. The van der Waals surface area contributed by atoms with Crippen LogP contribution in [0.5, 0.6) is 0 Å². The zero-order valence-corrected chi connectivity index (χ0v) is 18.8. The Hall–Kier alpha value is -3.21. The molecule has 0 spiro atoms. The highest BCUT2D eigenvalue weighted by molar-refractivity contribution is 5.96. The van der Waals surface area contributed by atoms with Gasteiger partial charge in [-0.3, -0.25) is 9.59 Å². The number of hydrogen-bond donors (Lipinski definition) is 0. The van der Waals surface area contributed by atoms with E-state index in [1.807, 2.05) is 55.5 Å². The lowest BCUT2D eigenvalue weighted by molar-refractivity contribution is -0.137. The Morgan fingerprint density at radius 2 is 1.55 bits per heavy atom. The molecule has 5 heteroatoms. The maximum Gasteiger partial charge on any atom is 0.416 e. The summed E-state index contributed by atoms with van der Waals surface area (Å²) in [6, 6.07) is 19.1. The Labute approximate surface area is 192 Å². The van der Waals surface area contributed by atoms with Crippen LogP contribution in [0.3, 0.4) is 0 Å². The summed E-state index contributed by atoms with van der Waals surface area (Å²) in [5.74, 6) is 0.0381. The first-order valence-corrected chi connectivity index (χ1v) is 11.0. The number of carbonyl (C=O) groups is 2. The largest absolute Gasteiger partial charge is 0.416 e. The van der Waals surface area contributed by atoms with Crippen LogP contribution in [0, 0.1) is 6.92 Å². The lowest BCUT2D eigenvalue weighted by Crippen LogP contribution is -2.09. The molecular weight excluding hydrogens is 425 g/mol. The Morgan fingerprint density at radius 1 is 0.848 bits per heavy atom. The van der Waals surface area contributed by atoms with Gasteiger partial charge in [0.05, 0.1) is 5.56 Å². The van der Waals surface area contributed by atoms with Crippen LogP contribution >= 0.6 is 0 Å². The summed E-state index contributed by atoms with van der Waals surface area (Å²) < 4.78 is 38.8. The van der Waals surface area contributed by atoms with Crippen molar-refractivity contribution in [3.05, 3.63) is 106 Å². The number of rotatable bonds is 9. The highest BCUT2D eigenvalue weighted by Gasteiger charge is 2.30. The number of ketones is 2. The molecule has 0 atom stereocenters. The van der Waals surface area contributed by atoms with Crippen molar-refractivity contribution in [2.75, 3.05) is 0 Å². The van der Waals surface area contributed by atoms with Crippen LogP contribution in [-0.2, 0) is 30.2 Å². The molecule has 0 fully saturated rings. The zero-order valence-electron chi connectivity index (χ0n) is 18.8. The van der Waals surface area contributed by atoms with Crippen LogP contribution in [-0.4, -0.2) is 11.6 Å². The molecule has 172 valence electrons. The van der Waals surface area contributed by atoms with Crippen LogP contribution in [0.1, 0.15) is 63.5 Å². The molecule has 0 aliphatic carbocycles. The minimum Gasteiger partial charge on any atom is -0.299 e. The standard InChI is InChI=1S/C28H27F3O2/c1-3-27(33)23-6-4-5-22(16-23)15-21-10-8-20(9-11-21)12-14-26(32)18-24-17-25(28(29,30)31)13-7-19(24)2/h4-11,13,16-17H,3,12,14-15,18H2,1-2H3. The van der Waals surface area contributed by atoms with Crippen LogP contribution in [0.4, 0.5) is 13.2 Å². The van der Waals surface area contributed by atoms with Crippen molar-refractivity contribution >= 4 is 11.6 Å². The van der Waals surface area contributed by atoms with Gasteiger partial charge in [-0.25, -0.2) is 0 Å². The number of aryl methyl sites for hydroxylation is 2. The lowest BCUT2D eigenvalue weighted by Gasteiger charge is -2.11. The molecule has 0 N–H and O–H groups in total. The second-order valence-electron chi connectivity index (χ2n) is 8.32. The van der Waals surface area contributed by atoms with E-state index in [4.69, 9.17) is 0 Å². The normalized spacial score (nSPS) is 11.4. The van der Waals surface area contributed by atoms with Gasteiger partial charge in [-0.05, 0) is 65.8 Å². The smallest absolute Gasteiger partial charge is 0.299 e. The Balaban J connectivity index is 1.57. The maximum atomic E-state index is 12.9. The highest BCUT2D eigenvalue weighted by atomic mass is 19.4. The van der Waals surface area contributed by atoms with Gasteiger partial charge in [0.25, 0.3) is 0 Å². The molecule has 3 aromatic carbocycles. The number of carbonyl (C=O) groups excluding carboxylic acids is 2. The van der Waals surface area contributed by atoms with Gasteiger partial charge in [-0.1, -0.05) is 55.5 Å². The van der Waals surface area contributed by atoms with Gasteiger partial charge >= 0.3 is 6.18 Å². The average Bonchev–Trinajstić information content (AvgIpc) is 2.79. The fourth-order valence-electron chi connectivity index (χ4n) is 3.74. The van der Waals surface area contributed by atoms with E-state index in [1.54, 1.807) is 6.92 Å². The van der Waals surface area contributed by atoms with Crippen LogP contribution in [0.2, 0.25) is 0 Å². The van der Waals surface area contributed by atoms with E-state index >= 15 is 0 Å². The molecule has 3 rings (SSSR count). The molecule has 0 aliphatic rings. The fraction of sp³-hybridized carbons (Fsp3) is 0.286. The van der Waals surface area contributed by atoms with Gasteiger partial charge in [0, 0.05) is 24.8 Å². The van der Waals surface area contributed by atoms with Gasteiger partial charge in [0.2, 0.25) is 0 Å². The van der Waals surface area contributed by atoms with Gasteiger partial charge in [0.15, 0.2) is 5.78 Å². The van der Waals surface area contributed by atoms with Crippen molar-refractivity contribution in [2.24, 2.45) is 0 Å². The number of halogens is 3. The van der Waals surface area contributed by atoms with Crippen LogP contribution < -0.4 is 0 Å². The van der Waals surface area contributed by atoms with Gasteiger partial charge in [-0.2, -0.15) is 13.2 Å². The number of hydrogen-bond acceptors (Lipinski definition) is 2. The zero-order chi connectivity index (χ0) is 24.0. The van der Waals surface area contributed by atoms with Gasteiger partial charge < -0.3 is 0 Å². The Morgan fingerprint density at radius 3 is 2.21 bits per heavy atom. The maximum absolute atomic E-state index is 12.9. The van der Waals surface area contributed by atoms with E-state index in [9.17, 15) is 22.8 Å². The number of Topliss-reactive ketones (excluding diaryl/α,β-unsaturated/α-hetero) is 2. The Kier molecular flexibility index (Phi) is 7.85. The van der Waals surface area contributed by atoms with E-state index in [1.165, 1.54) is 6.07 Å². The minimum absolute atomic E-state index is 0.000652. The molecule has 0 saturated carbocycles. The van der Waals surface area contributed by atoms with Crippen LogP contribution in [0.15, 0.2) is 66.7 Å². The summed E-state index contributed by atoms with van der Waals surface area (Å²) in [4.78, 5) is 24.3. The predicted octanol–water partition coefficient (Wildman–Crippen LogP) is 6.94. The first kappa shape index (κ1) is 24.4. The minimum atomic E-state index is -4.42. The van der Waals surface area contributed by atoms with Crippen molar-refractivity contribution in [3.63, 3.8) is 0 Å². The molecule has 0 unspecified atom stereocenters. The van der Waals surface area contributed by atoms with E-state index < -0.39 is 11.7 Å². The SMILES string of the molecule is CCC(=O)c1cccc(Cc2ccc(CCC(=O)Cc3cc(C(F)(F)F)ccc3C)cc2)c1. The lowest BCUT2D eigenvalue weighted by atomic mass is 9.96. The topological polar surface area (TPSA) is 34.1 Å². The molecule has 33 heavy (non-hydrogen) atoms. The third-order valence-corrected chi connectivity index (χ3v) is 5.76. The summed E-state index contributed by atoms with van der Waals surface area (Å²) in [7, 11) is 0. The number of benzene rings is 3. The third kappa shape index (κ3) is 6.88. The molecule has 2 nitrogen and oxygen atoms in total. The van der Waals surface area contributed by atoms with E-state index in [0.717, 1.165) is 34.4 Å². The van der Waals surface area contributed by atoms with Crippen molar-refractivity contribution in [3.8, 4) is 0 Å². The molecule has 3 aromatic rings. The molecule has 0 aliphatic heterocycles. The van der Waals surface area contributed by atoms with E-state index in [2.05, 4.69) is 0 Å². The molecule has 0 bridgehead atoms. The van der Waals surface area contributed by atoms with Crippen LogP contribution in [0.25, 0.3) is 0 Å². The molecule has 0 radical (unpaired) electrons. The quantitative estimate of drug-likeness (QED) is 0.330. The van der Waals surface area contributed by atoms with Gasteiger partial charge in [0.1, 0.15) is 5.78 Å². The highest BCUT2D eigenvalue weighted by Crippen LogP contribution is 2.30. The van der Waals surface area contributed by atoms with Crippen molar-refractivity contribution in [2.45, 2.75) is 52.1 Å². The molecular formula is C28H27F3O2. The summed E-state index contributed by atoms with van der Waals surface area (Å²) in [6.07, 6.45) is -2.42. The summed E-state index contributed by atoms with van der Waals surface area (Å²) in [5, 5.41) is 0. The number of alkyl halides is 3.